The molecule has 0 unspecified atom stereocenters. The summed E-state index contributed by atoms with van der Waals surface area (Å²) in [4.78, 5) is 35.2. The van der Waals surface area contributed by atoms with E-state index >= 15 is 0 Å². The lowest BCUT2D eigenvalue weighted by atomic mass is 10.0. The van der Waals surface area contributed by atoms with E-state index in [-0.39, 0.29) is 30.8 Å². The van der Waals surface area contributed by atoms with Crippen LogP contribution in [0.4, 0.5) is 0 Å². The van der Waals surface area contributed by atoms with Crippen LogP contribution >= 0.6 is 0 Å². The van der Waals surface area contributed by atoms with Crippen LogP contribution in [0.2, 0.25) is 0 Å². The van der Waals surface area contributed by atoms with E-state index in [0.717, 1.165) is 29.5 Å². The Morgan fingerprint density at radius 3 is 2.35 bits per heavy atom. The van der Waals surface area contributed by atoms with Crippen molar-refractivity contribution in [2.24, 2.45) is 0 Å². The first-order valence-corrected chi connectivity index (χ1v) is 10.5. The van der Waals surface area contributed by atoms with Gasteiger partial charge in [0.05, 0.1) is 0 Å². The summed E-state index contributed by atoms with van der Waals surface area (Å²) in [5.74, 6) is 0.0322. The Labute approximate surface area is 183 Å². The van der Waals surface area contributed by atoms with E-state index < -0.39 is 5.97 Å². The van der Waals surface area contributed by atoms with Gasteiger partial charge in [0, 0.05) is 19.0 Å². The summed E-state index contributed by atoms with van der Waals surface area (Å²) < 4.78 is 10.7. The van der Waals surface area contributed by atoms with Gasteiger partial charge in [-0.15, -0.1) is 0 Å². The average molecular weight is 426 g/mol. The highest BCUT2D eigenvalue weighted by molar-refractivity contribution is 5.98. The van der Waals surface area contributed by atoms with Crippen molar-refractivity contribution in [1.82, 2.24) is 5.32 Å². The van der Waals surface area contributed by atoms with Crippen molar-refractivity contribution in [3.8, 4) is 5.75 Å². The Morgan fingerprint density at radius 1 is 1.00 bits per heavy atom. The van der Waals surface area contributed by atoms with Crippen LogP contribution in [-0.2, 0) is 20.7 Å². The van der Waals surface area contributed by atoms with Gasteiger partial charge in [0.2, 0.25) is 5.91 Å². The number of Topliss-reactive ketones (excluding diaryl/α,β-unsaturated/α-hetero) is 1. The minimum absolute atomic E-state index is 0.0415. The van der Waals surface area contributed by atoms with Gasteiger partial charge in [-0.2, -0.15) is 0 Å². The molecule has 0 saturated carbocycles. The first kappa shape index (κ1) is 24.1. The molecule has 0 aliphatic heterocycles. The zero-order chi connectivity index (χ0) is 22.8. The van der Waals surface area contributed by atoms with Crippen LogP contribution < -0.4 is 10.1 Å². The van der Waals surface area contributed by atoms with Gasteiger partial charge in [-0.25, -0.2) is 4.79 Å². The van der Waals surface area contributed by atoms with Crippen LogP contribution in [0.1, 0.15) is 60.2 Å². The summed E-state index contributed by atoms with van der Waals surface area (Å²) in [5.41, 5.74) is 3.62. The van der Waals surface area contributed by atoms with Crippen LogP contribution in [-0.4, -0.2) is 37.4 Å². The van der Waals surface area contributed by atoms with E-state index in [2.05, 4.69) is 19.2 Å². The summed E-state index contributed by atoms with van der Waals surface area (Å²) in [6.45, 7) is 7.62. The maximum atomic E-state index is 12.3. The topological polar surface area (TPSA) is 81.7 Å². The number of ketones is 1. The van der Waals surface area contributed by atoms with Crippen molar-refractivity contribution >= 4 is 17.7 Å². The van der Waals surface area contributed by atoms with Gasteiger partial charge in [-0.05, 0) is 48.4 Å². The molecule has 0 bridgehead atoms. The molecule has 0 saturated heterocycles. The summed E-state index contributed by atoms with van der Waals surface area (Å²) in [6, 6.07) is 13.1. The van der Waals surface area contributed by atoms with Crippen LogP contribution in [0.3, 0.4) is 0 Å². The van der Waals surface area contributed by atoms with E-state index in [1.54, 1.807) is 12.1 Å². The predicted octanol–water partition coefficient (Wildman–Crippen LogP) is 3.99. The van der Waals surface area contributed by atoms with Gasteiger partial charge < -0.3 is 14.8 Å². The summed E-state index contributed by atoms with van der Waals surface area (Å²) in [6.07, 6.45) is 1.63. The van der Waals surface area contributed by atoms with Crippen molar-refractivity contribution in [3.05, 3.63) is 64.7 Å². The Kier molecular flexibility index (Phi) is 9.25. The zero-order valence-corrected chi connectivity index (χ0v) is 18.7. The lowest BCUT2D eigenvalue weighted by Gasteiger charge is -2.14. The number of aryl methyl sites for hydroxylation is 2. The maximum Gasteiger partial charge on any atom is 0.344 e. The fourth-order valence-corrected chi connectivity index (χ4v) is 3.07. The minimum atomic E-state index is -0.584. The molecular weight excluding hydrogens is 394 g/mol. The van der Waals surface area contributed by atoms with Crippen molar-refractivity contribution in [3.63, 3.8) is 0 Å². The first-order valence-electron chi connectivity index (χ1n) is 10.5. The van der Waals surface area contributed by atoms with Gasteiger partial charge in [-0.3, -0.25) is 9.59 Å². The Morgan fingerprint density at radius 2 is 1.71 bits per heavy atom. The Bertz CT molecular complexity index is 903. The second-order valence-electron chi connectivity index (χ2n) is 7.85. The monoisotopic (exact) mass is 425 g/mol. The molecule has 0 aliphatic carbocycles. The van der Waals surface area contributed by atoms with Gasteiger partial charge in [0.1, 0.15) is 5.75 Å². The average Bonchev–Trinajstić information content (AvgIpc) is 2.73. The molecule has 0 spiro atoms. The lowest BCUT2D eigenvalue weighted by Crippen LogP contribution is -2.21. The van der Waals surface area contributed by atoms with E-state index in [9.17, 15) is 14.4 Å². The molecule has 2 aromatic carbocycles. The molecule has 2 aromatic rings. The number of carbonyl (C=O) groups excluding carboxylic acids is 3. The number of carbonyl (C=O) groups is 3. The highest BCUT2D eigenvalue weighted by Crippen LogP contribution is 2.27. The van der Waals surface area contributed by atoms with Crippen molar-refractivity contribution in [2.45, 2.75) is 46.5 Å². The number of ether oxygens (including phenoxy) is 2. The largest absolute Gasteiger partial charge is 0.482 e. The standard InChI is InChI=1S/C25H31NO5/c1-17(2)22-12-7-18(3)14-24(22)30-16-25(29)31-15-23(28)21-10-8-20(9-11-21)6-5-13-26-19(4)27/h7-12,14,17H,5-6,13,15-16H2,1-4H3,(H,26,27). The minimum Gasteiger partial charge on any atom is -0.482 e. The second kappa shape index (κ2) is 11.9. The number of benzene rings is 2. The van der Waals surface area contributed by atoms with Gasteiger partial charge in [-0.1, -0.05) is 50.2 Å². The molecule has 166 valence electrons. The van der Waals surface area contributed by atoms with Gasteiger partial charge >= 0.3 is 5.97 Å². The van der Waals surface area contributed by atoms with E-state index in [1.165, 1.54) is 6.92 Å². The number of rotatable bonds is 11. The van der Waals surface area contributed by atoms with Crippen LogP contribution in [0, 0.1) is 6.92 Å². The number of nitrogens with one attached hydrogen (secondary N) is 1. The highest BCUT2D eigenvalue weighted by atomic mass is 16.6. The molecule has 31 heavy (non-hydrogen) atoms. The fourth-order valence-electron chi connectivity index (χ4n) is 3.07. The van der Waals surface area contributed by atoms with Crippen LogP contribution in [0.15, 0.2) is 42.5 Å². The van der Waals surface area contributed by atoms with E-state index in [1.807, 2.05) is 37.3 Å². The van der Waals surface area contributed by atoms with E-state index in [0.29, 0.717) is 17.9 Å². The van der Waals surface area contributed by atoms with Gasteiger partial charge in [0.15, 0.2) is 19.0 Å². The predicted molar refractivity (Wildman–Crippen MR) is 119 cm³/mol. The van der Waals surface area contributed by atoms with Crippen LogP contribution in [0.25, 0.3) is 0 Å². The molecule has 6 nitrogen and oxygen atoms in total. The Hall–Kier alpha value is -3.15. The number of amides is 1. The molecule has 1 N–H and O–H groups in total. The lowest BCUT2D eigenvalue weighted by molar-refractivity contribution is -0.144. The zero-order valence-electron chi connectivity index (χ0n) is 18.7. The highest BCUT2D eigenvalue weighted by Gasteiger charge is 2.13. The molecule has 0 atom stereocenters. The fraction of sp³-hybridized carbons (Fsp3) is 0.400. The molecular formula is C25H31NO5. The molecule has 2 rings (SSSR count). The Balaban J connectivity index is 1.78. The smallest absolute Gasteiger partial charge is 0.344 e. The third-order valence-electron chi connectivity index (χ3n) is 4.79. The molecule has 0 fully saturated rings. The summed E-state index contributed by atoms with van der Waals surface area (Å²) in [7, 11) is 0. The maximum absolute atomic E-state index is 12.3. The molecule has 6 heteroatoms. The molecule has 0 radical (unpaired) electrons. The third kappa shape index (κ3) is 8.24. The van der Waals surface area contributed by atoms with Crippen LogP contribution in [0.5, 0.6) is 5.75 Å². The second-order valence-corrected chi connectivity index (χ2v) is 7.85. The molecule has 0 heterocycles. The van der Waals surface area contributed by atoms with Crippen molar-refractivity contribution in [1.29, 1.82) is 0 Å². The van der Waals surface area contributed by atoms with Crippen molar-refractivity contribution in [2.75, 3.05) is 19.8 Å². The quantitative estimate of drug-likeness (QED) is 0.334. The molecule has 1 amide bonds. The number of esters is 1. The normalized spacial score (nSPS) is 10.6. The van der Waals surface area contributed by atoms with E-state index in [4.69, 9.17) is 9.47 Å². The van der Waals surface area contributed by atoms with Gasteiger partial charge in [0.25, 0.3) is 0 Å². The number of hydrogen-bond donors (Lipinski definition) is 1. The first-order chi connectivity index (χ1) is 14.8. The third-order valence-corrected chi connectivity index (χ3v) is 4.79. The summed E-state index contributed by atoms with van der Waals surface area (Å²) in [5, 5.41) is 2.75. The molecule has 0 aromatic heterocycles. The number of hydrogen-bond acceptors (Lipinski definition) is 5. The molecule has 0 aliphatic rings. The summed E-state index contributed by atoms with van der Waals surface area (Å²) >= 11 is 0. The SMILES string of the molecule is CC(=O)NCCCc1ccc(C(=O)COC(=O)COc2cc(C)ccc2C(C)C)cc1. The van der Waals surface area contributed by atoms with Crippen molar-refractivity contribution < 1.29 is 23.9 Å².